The minimum Gasteiger partial charge on any atom is -0.316 e. The molecule has 1 saturated heterocycles. The van der Waals surface area contributed by atoms with E-state index in [9.17, 15) is 0 Å². The first kappa shape index (κ1) is 6.09. The Morgan fingerprint density at radius 3 is 3.00 bits per heavy atom. The van der Waals surface area contributed by atoms with Gasteiger partial charge in [0, 0.05) is 0 Å². The summed E-state index contributed by atoms with van der Waals surface area (Å²) in [5, 5.41) is 3.36. The number of nitrogens with one attached hydrogen (secondary N) is 1. The minimum absolute atomic E-state index is 1.000. The second-order valence-electron chi connectivity index (χ2n) is 2.65. The summed E-state index contributed by atoms with van der Waals surface area (Å²) in [6.07, 6.45) is 4.19. The Morgan fingerprint density at radius 2 is 2.50 bits per heavy atom. The van der Waals surface area contributed by atoms with Crippen LogP contribution in [0.2, 0.25) is 0 Å². The third-order valence-electron chi connectivity index (χ3n) is 1.86. The highest BCUT2D eigenvalue weighted by atomic mass is 14.9. The molecular formula is C7H15N. The van der Waals surface area contributed by atoms with Gasteiger partial charge in [0.05, 0.1) is 0 Å². The molecular weight excluding hydrogens is 98.1 g/mol. The molecule has 0 radical (unpaired) electrons. The molecule has 8 heavy (non-hydrogen) atoms. The first-order chi connectivity index (χ1) is 3.93. The topological polar surface area (TPSA) is 12.0 Å². The second-order valence-corrected chi connectivity index (χ2v) is 2.65. The van der Waals surface area contributed by atoms with Crippen molar-refractivity contribution < 1.29 is 0 Å². The Morgan fingerprint density at radius 1 is 1.62 bits per heavy atom. The normalized spacial score (nSPS) is 28.9. The molecule has 0 aromatic rings. The van der Waals surface area contributed by atoms with Crippen LogP contribution in [0.4, 0.5) is 0 Å². The van der Waals surface area contributed by atoms with E-state index in [0.29, 0.717) is 0 Å². The van der Waals surface area contributed by atoms with Crippen LogP contribution < -0.4 is 5.32 Å². The molecule has 48 valence electrons. The summed E-state index contributed by atoms with van der Waals surface area (Å²) >= 11 is 0. The van der Waals surface area contributed by atoms with Crippen molar-refractivity contribution in [1.82, 2.24) is 5.32 Å². The maximum absolute atomic E-state index is 3.36. The molecule has 1 rings (SSSR count). The lowest BCUT2D eigenvalue weighted by Gasteiger charge is -2.02. The van der Waals surface area contributed by atoms with E-state index in [0.717, 1.165) is 5.92 Å². The molecule has 1 heteroatoms. The van der Waals surface area contributed by atoms with Crippen molar-refractivity contribution in [1.29, 1.82) is 0 Å². The van der Waals surface area contributed by atoms with Crippen molar-refractivity contribution in [3.05, 3.63) is 0 Å². The summed E-state index contributed by atoms with van der Waals surface area (Å²) in [7, 11) is 0. The van der Waals surface area contributed by atoms with Crippen molar-refractivity contribution >= 4 is 0 Å². The highest BCUT2D eigenvalue weighted by Gasteiger charge is 2.11. The zero-order chi connectivity index (χ0) is 5.82. The van der Waals surface area contributed by atoms with Gasteiger partial charge in [-0.1, -0.05) is 13.3 Å². The monoisotopic (exact) mass is 113 g/mol. The minimum atomic E-state index is 1.000. The second kappa shape index (κ2) is 3.08. The molecule has 1 atom stereocenters. The first-order valence-electron chi connectivity index (χ1n) is 3.64. The van der Waals surface area contributed by atoms with Crippen LogP contribution in [0.1, 0.15) is 26.2 Å². The predicted octanol–water partition coefficient (Wildman–Crippen LogP) is 1.40. The Labute approximate surface area is 51.5 Å². The molecule has 0 amide bonds. The van der Waals surface area contributed by atoms with Crippen molar-refractivity contribution in [2.75, 3.05) is 13.1 Å². The SMILES string of the molecule is CCC[C@H]1CCNC1. The molecule has 1 N–H and O–H groups in total. The number of hydrogen-bond donors (Lipinski definition) is 1. The Hall–Kier alpha value is -0.0400. The lowest BCUT2D eigenvalue weighted by atomic mass is 10.0. The Kier molecular flexibility index (Phi) is 2.34. The van der Waals surface area contributed by atoms with Crippen LogP contribution in [0.5, 0.6) is 0 Å². The summed E-state index contributed by atoms with van der Waals surface area (Å²) in [5.41, 5.74) is 0. The molecule has 0 aliphatic carbocycles. The maximum atomic E-state index is 3.36. The quantitative estimate of drug-likeness (QED) is 0.570. The largest absolute Gasteiger partial charge is 0.316 e. The lowest BCUT2D eigenvalue weighted by Crippen LogP contribution is -2.08. The Balaban J connectivity index is 2.06. The number of hydrogen-bond acceptors (Lipinski definition) is 1. The van der Waals surface area contributed by atoms with Gasteiger partial charge >= 0.3 is 0 Å². The maximum Gasteiger partial charge on any atom is -0.00200 e. The molecule has 0 aromatic heterocycles. The van der Waals surface area contributed by atoms with E-state index in [4.69, 9.17) is 0 Å². The molecule has 1 aliphatic heterocycles. The smallest absolute Gasteiger partial charge is 0.00200 e. The van der Waals surface area contributed by atoms with Crippen LogP contribution in [-0.2, 0) is 0 Å². The molecule has 1 nitrogen and oxygen atoms in total. The lowest BCUT2D eigenvalue weighted by molar-refractivity contribution is 0.525. The molecule has 0 saturated carbocycles. The van der Waals surface area contributed by atoms with Gasteiger partial charge in [0.15, 0.2) is 0 Å². The highest BCUT2D eigenvalue weighted by molar-refractivity contribution is 4.69. The van der Waals surface area contributed by atoms with E-state index in [1.807, 2.05) is 0 Å². The van der Waals surface area contributed by atoms with Crippen LogP contribution >= 0.6 is 0 Å². The number of rotatable bonds is 2. The fourth-order valence-corrected chi connectivity index (χ4v) is 1.37. The zero-order valence-corrected chi connectivity index (χ0v) is 5.61. The van der Waals surface area contributed by atoms with Gasteiger partial charge in [-0.05, 0) is 31.8 Å². The third-order valence-corrected chi connectivity index (χ3v) is 1.86. The standard InChI is InChI=1S/C7H15N/c1-2-3-7-4-5-8-6-7/h7-8H,2-6H2,1H3/t7-/m0/s1. The third kappa shape index (κ3) is 1.48. The van der Waals surface area contributed by atoms with Gasteiger partial charge in [0.1, 0.15) is 0 Å². The van der Waals surface area contributed by atoms with Crippen molar-refractivity contribution in [2.24, 2.45) is 5.92 Å². The molecule has 0 unspecified atom stereocenters. The van der Waals surface area contributed by atoms with Crippen LogP contribution in [0.3, 0.4) is 0 Å². The van der Waals surface area contributed by atoms with E-state index >= 15 is 0 Å². The molecule has 1 aliphatic rings. The van der Waals surface area contributed by atoms with Gasteiger partial charge in [-0.2, -0.15) is 0 Å². The van der Waals surface area contributed by atoms with E-state index in [1.165, 1.54) is 32.4 Å². The van der Waals surface area contributed by atoms with Crippen LogP contribution in [0, 0.1) is 5.92 Å². The zero-order valence-electron chi connectivity index (χ0n) is 5.61. The van der Waals surface area contributed by atoms with Crippen LogP contribution in [0.25, 0.3) is 0 Å². The fraction of sp³-hybridized carbons (Fsp3) is 1.00. The summed E-state index contributed by atoms with van der Waals surface area (Å²) < 4.78 is 0. The van der Waals surface area contributed by atoms with Crippen molar-refractivity contribution in [3.8, 4) is 0 Å². The summed E-state index contributed by atoms with van der Waals surface area (Å²) in [6, 6.07) is 0. The van der Waals surface area contributed by atoms with Gasteiger partial charge in [-0.25, -0.2) is 0 Å². The van der Waals surface area contributed by atoms with Gasteiger partial charge in [0.25, 0.3) is 0 Å². The average Bonchev–Trinajstić information content (AvgIpc) is 2.19. The average molecular weight is 113 g/mol. The van der Waals surface area contributed by atoms with Crippen molar-refractivity contribution in [3.63, 3.8) is 0 Å². The summed E-state index contributed by atoms with van der Waals surface area (Å²) in [6.45, 7) is 4.79. The van der Waals surface area contributed by atoms with E-state index in [2.05, 4.69) is 12.2 Å². The Bertz CT molecular complexity index is 55.4. The molecule has 0 spiro atoms. The summed E-state index contributed by atoms with van der Waals surface area (Å²) in [4.78, 5) is 0. The predicted molar refractivity (Wildman–Crippen MR) is 35.9 cm³/mol. The molecule has 0 aromatic carbocycles. The van der Waals surface area contributed by atoms with Crippen LogP contribution in [-0.4, -0.2) is 13.1 Å². The molecule has 1 fully saturated rings. The van der Waals surface area contributed by atoms with Crippen LogP contribution in [0.15, 0.2) is 0 Å². The first-order valence-corrected chi connectivity index (χ1v) is 3.64. The molecule has 0 bridgehead atoms. The van der Waals surface area contributed by atoms with E-state index in [-0.39, 0.29) is 0 Å². The summed E-state index contributed by atoms with van der Waals surface area (Å²) in [5.74, 6) is 1.000. The van der Waals surface area contributed by atoms with Crippen molar-refractivity contribution in [2.45, 2.75) is 26.2 Å². The van der Waals surface area contributed by atoms with Gasteiger partial charge in [0.2, 0.25) is 0 Å². The van der Waals surface area contributed by atoms with E-state index in [1.54, 1.807) is 0 Å². The van der Waals surface area contributed by atoms with Gasteiger partial charge in [-0.3, -0.25) is 0 Å². The van der Waals surface area contributed by atoms with Gasteiger partial charge < -0.3 is 5.32 Å². The molecule has 1 heterocycles. The highest BCUT2D eigenvalue weighted by Crippen LogP contribution is 2.12. The fourth-order valence-electron chi connectivity index (χ4n) is 1.37. The van der Waals surface area contributed by atoms with Gasteiger partial charge in [-0.15, -0.1) is 0 Å². The van der Waals surface area contributed by atoms with E-state index < -0.39 is 0 Å².